The van der Waals surface area contributed by atoms with Crippen LogP contribution in [0.2, 0.25) is 0 Å². The number of aromatic nitrogens is 1. The van der Waals surface area contributed by atoms with Gasteiger partial charge in [-0.2, -0.15) is 0 Å². The normalized spacial score (nSPS) is 22.1. The van der Waals surface area contributed by atoms with Gasteiger partial charge < -0.3 is 20.6 Å². The Morgan fingerprint density at radius 3 is 2.73 bits per heavy atom. The molecule has 0 radical (unpaired) electrons. The summed E-state index contributed by atoms with van der Waals surface area (Å²) in [6, 6.07) is 5.33. The number of rotatable bonds is 2. The molecular weight excluding hydrogens is 280 g/mol. The zero-order chi connectivity index (χ0) is 15.5. The van der Waals surface area contributed by atoms with Crippen molar-refractivity contribution in [2.75, 3.05) is 31.1 Å². The lowest BCUT2D eigenvalue weighted by molar-refractivity contribution is -0.127. The third kappa shape index (κ3) is 2.82. The van der Waals surface area contributed by atoms with Crippen molar-refractivity contribution >= 4 is 11.7 Å². The van der Waals surface area contributed by atoms with E-state index in [0.717, 1.165) is 18.9 Å². The molecule has 1 unspecified atom stereocenters. The van der Waals surface area contributed by atoms with Crippen LogP contribution in [-0.4, -0.2) is 53.1 Å². The number of aliphatic hydroxyl groups excluding tert-OH is 1. The van der Waals surface area contributed by atoms with Crippen molar-refractivity contribution < 1.29 is 9.90 Å². The van der Waals surface area contributed by atoms with Gasteiger partial charge in [0.1, 0.15) is 11.6 Å². The monoisotopic (exact) mass is 300 g/mol. The standard InChI is InChI=1S/C16H20N4O2/c17-13-5-3-4-12(15(13)21)16(22)20-10-8-19(9-11-20)14-6-1-2-7-18-14/h1-4,6-7,13,21H,5,8-11,17H2. The summed E-state index contributed by atoms with van der Waals surface area (Å²) in [7, 11) is 0. The summed E-state index contributed by atoms with van der Waals surface area (Å²) in [6.07, 6.45) is 5.84. The summed E-state index contributed by atoms with van der Waals surface area (Å²) in [5.74, 6) is 0.778. The fourth-order valence-electron chi connectivity index (χ4n) is 2.76. The SMILES string of the molecule is NC1CC=CC(C(=O)N2CCN(c3ccccn3)CC2)=C1O. The average molecular weight is 300 g/mol. The van der Waals surface area contributed by atoms with E-state index in [4.69, 9.17) is 5.73 Å². The number of hydrogen-bond acceptors (Lipinski definition) is 5. The number of carbonyl (C=O) groups excluding carboxylic acids is 1. The van der Waals surface area contributed by atoms with E-state index in [2.05, 4.69) is 9.88 Å². The number of nitrogens with zero attached hydrogens (tertiary/aromatic N) is 3. The van der Waals surface area contributed by atoms with E-state index in [1.165, 1.54) is 0 Å². The van der Waals surface area contributed by atoms with Gasteiger partial charge >= 0.3 is 0 Å². The third-order valence-electron chi connectivity index (χ3n) is 4.07. The van der Waals surface area contributed by atoms with E-state index in [1.807, 2.05) is 24.3 Å². The first-order valence-electron chi connectivity index (χ1n) is 7.47. The molecule has 0 spiro atoms. The summed E-state index contributed by atoms with van der Waals surface area (Å²) in [5, 5.41) is 10.0. The Morgan fingerprint density at radius 2 is 2.05 bits per heavy atom. The lowest BCUT2D eigenvalue weighted by Crippen LogP contribution is -2.49. The second kappa shape index (κ2) is 6.19. The molecule has 1 atom stereocenters. The molecule has 1 aliphatic heterocycles. The maximum Gasteiger partial charge on any atom is 0.257 e. The van der Waals surface area contributed by atoms with Gasteiger partial charge in [-0.25, -0.2) is 4.98 Å². The van der Waals surface area contributed by atoms with Crippen molar-refractivity contribution in [2.24, 2.45) is 5.73 Å². The minimum Gasteiger partial charge on any atom is -0.510 e. The molecule has 2 heterocycles. The summed E-state index contributed by atoms with van der Waals surface area (Å²) in [4.78, 5) is 20.8. The minimum atomic E-state index is -0.473. The maximum atomic E-state index is 12.5. The quantitative estimate of drug-likeness (QED) is 0.845. The first-order valence-corrected chi connectivity index (χ1v) is 7.47. The summed E-state index contributed by atoms with van der Waals surface area (Å²) in [5.41, 5.74) is 6.11. The summed E-state index contributed by atoms with van der Waals surface area (Å²) in [6.45, 7) is 2.67. The third-order valence-corrected chi connectivity index (χ3v) is 4.07. The van der Waals surface area contributed by atoms with Crippen LogP contribution in [-0.2, 0) is 4.79 Å². The topological polar surface area (TPSA) is 82.7 Å². The fourth-order valence-corrected chi connectivity index (χ4v) is 2.76. The second-order valence-electron chi connectivity index (χ2n) is 5.51. The predicted molar refractivity (Wildman–Crippen MR) is 84.4 cm³/mol. The van der Waals surface area contributed by atoms with Crippen LogP contribution in [0.25, 0.3) is 0 Å². The molecule has 22 heavy (non-hydrogen) atoms. The Labute approximate surface area is 129 Å². The molecule has 0 aromatic carbocycles. The van der Waals surface area contributed by atoms with E-state index < -0.39 is 6.04 Å². The van der Waals surface area contributed by atoms with Gasteiger partial charge in [0.15, 0.2) is 0 Å². The average Bonchev–Trinajstić information content (AvgIpc) is 2.58. The molecule has 6 nitrogen and oxygen atoms in total. The fraction of sp³-hybridized carbons (Fsp3) is 0.375. The van der Waals surface area contributed by atoms with E-state index in [-0.39, 0.29) is 11.7 Å². The molecule has 1 fully saturated rings. The van der Waals surface area contributed by atoms with Gasteiger partial charge in [-0.1, -0.05) is 12.1 Å². The number of amides is 1. The Bertz CT molecular complexity index is 604. The Balaban J connectivity index is 1.65. The van der Waals surface area contributed by atoms with E-state index >= 15 is 0 Å². The molecule has 1 aromatic heterocycles. The highest BCUT2D eigenvalue weighted by molar-refractivity contribution is 5.97. The molecule has 1 amide bonds. The minimum absolute atomic E-state index is 0.000319. The second-order valence-corrected chi connectivity index (χ2v) is 5.51. The number of nitrogens with two attached hydrogens (primary N) is 1. The molecule has 0 bridgehead atoms. The molecule has 1 aromatic rings. The molecule has 1 saturated heterocycles. The number of carbonyl (C=O) groups is 1. The smallest absolute Gasteiger partial charge is 0.257 e. The lowest BCUT2D eigenvalue weighted by Gasteiger charge is -2.36. The molecule has 3 N–H and O–H groups in total. The number of pyridine rings is 1. The van der Waals surface area contributed by atoms with Crippen LogP contribution in [0.1, 0.15) is 6.42 Å². The molecule has 3 rings (SSSR count). The molecule has 6 heteroatoms. The van der Waals surface area contributed by atoms with Crippen LogP contribution < -0.4 is 10.6 Å². The predicted octanol–water partition coefficient (Wildman–Crippen LogP) is 0.829. The van der Waals surface area contributed by atoms with E-state index in [1.54, 1.807) is 17.2 Å². The highest BCUT2D eigenvalue weighted by Gasteiger charge is 2.27. The van der Waals surface area contributed by atoms with Crippen LogP contribution in [0.15, 0.2) is 47.9 Å². The van der Waals surface area contributed by atoms with Crippen molar-refractivity contribution in [1.29, 1.82) is 0 Å². The largest absolute Gasteiger partial charge is 0.510 e. The first kappa shape index (κ1) is 14.6. The van der Waals surface area contributed by atoms with Crippen molar-refractivity contribution in [2.45, 2.75) is 12.5 Å². The molecular formula is C16H20N4O2. The van der Waals surface area contributed by atoms with E-state index in [0.29, 0.717) is 25.1 Å². The highest BCUT2D eigenvalue weighted by atomic mass is 16.3. The summed E-state index contributed by atoms with van der Waals surface area (Å²) < 4.78 is 0. The van der Waals surface area contributed by atoms with Gasteiger partial charge in [0, 0.05) is 32.4 Å². The van der Waals surface area contributed by atoms with Crippen LogP contribution >= 0.6 is 0 Å². The van der Waals surface area contributed by atoms with Gasteiger partial charge in [-0.05, 0) is 24.6 Å². The molecule has 0 saturated carbocycles. The lowest BCUT2D eigenvalue weighted by atomic mass is 10.00. The summed E-state index contributed by atoms with van der Waals surface area (Å²) >= 11 is 0. The van der Waals surface area contributed by atoms with Gasteiger partial charge in [0.2, 0.25) is 0 Å². The van der Waals surface area contributed by atoms with Gasteiger partial charge in [0.05, 0.1) is 11.6 Å². The number of hydrogen-bond donors (Lipinski definition) is 2. The van der Waals surface area contributed by atoms with Crippen LogP contribution in [0, 0.1) is 0 Å². The zero-order valence-electron chi connectivity index (χ0n) is 12.4. The number of aliphatic hydroxyl groups is 1. The van der Waals surface area contributed by atoms with Gasteiger partial charge in [-0.3, -0.25) is 4.79 Å². The molecule has 116 valence electrons. The van der Waals surface area contributed by atoms with Gasteiger partial charge in [0.25, 0.3) is 5.91 Å². The Morgan fingerprint density at radius 1 is 1.27 bits per heavy atom. The van der Waals surface area contributed by atoms with Crippen molar-refractivity contribution in [3.05, 3.63) is 47.9 Å². The maximum absolute atomic E-state index is 12.5. The number of piperazine rings is 1. The number of anilines is 1. The zero-order valence-corrected chi connectivity index (χ0v) is 12.4. The first-order chi connectivity index (χ1) is 10.7. The molecule has 2 aliphatic rings. The highest BCUT2D eigenvalue weighted by Crippen LogP contribution is 2.20. The Kier molecular flexibility index (Phi) is 4.11. The van der Waals surface area contributed by atoms with Gasteiger partial charge in [-0.15, -0.1) is 0 Å². The van der Waals surface area contributed by atoms with Crippen LogP contribution in [0.4, 0.5) is 5.82 Å². The van der Waals surface area contributed by atoms with E-state index in [9.17, 15) is 9.90 Å². The van der Waals surface area contributed by atoms with Crippen LogP contribution in [0.5, 0.6) is 0 Å². The van der Waals surface area contributed by atoms with Crippen molar-refractivity contribution in [3.63, 3.8) is 0 Å². The molecule has 1 aliphatic carbocycles. The Hall–Kier alpha value is -2.34. The van der Waals surface area contributed by atoms with Crippen molar-refractivity contribution in [1.82, 2.24) is 9.88 Å². The van der Waals surface area contributed by atoms with Crippen molar-refractivity contribution in [3.8, 4) is 0 Å². The van der Waals surface area contributed by atoms with Crippen LogP contribution in [0.3, 0.4) is 0 Å².